The van der Waals surface area contributed by atoms with Gasteiger partial charge in [0, 0.05) is 0 Å². The molecular weight excluding hydrogens is 216 g/mol. The van der Waals surface area contributed by atoms with Gasteiger partial charge >= 0.3 is 0 Å². The average molecular weight is 237 g/mol. The Bertz CT molecular complexity index is 536. The Kier molecular flexibility index (Phi) is 3.30. The van der Waals surface area contributed by atoms with Crippen LogP contribution in [0.3, 0.4) is 0 Å². The van der Waals surface area contributed by atoms with Crippen LogP contribution in [-0.4, -0.2) is 0 Å². The van der Waals surface area contributed by atoms with Crippen LogP contribution in [-0.2, 0) is 5.41 Å². The first-order valence-corrected chi connectivity index (χ1v) is 6.48. The fourth-order valence-corrected chi connectivity index (χ4v) is 2.44. The Hall–Kier alpha value is -1.56. The highest BCUT2D eigenvalue weighted by Crippen LogP contribution is 2.33. The van der Waals surface area contributed by atoms with Crippen molar-refractivity contribution < 1.29 is 0 Å². The van der Waals surface area contributed by atoms with E-state index in [9.17, 15) is 0 Å². The van der Waals surface area contributed by atoms with Crippen molar-refractivity contribution >= 4 is 0 Å². The summed E-state index contributed by atoms with van der Waals surface area (Å²) in [4.78, 5) is 0. The fraction of sp³-hybridized carbons (Fsp3) is 0.333. The summed E-state index contributed by atoms with van der Waals surface area (Å²) in [5.41, 5.74) is 6.61. The Morgan fingerprint density at radius 1 is 0.889 bits per heavy atom. The summed E-state index contributed by atoms with van der Waals surface area (Å²) < 4.78 is 0. The maximum atomic E-state index is 3.34. The quantitative estimate of drug-likeness (QED) is 0.649. The van der Waals surface area contributed by atoms with Gasteiger partial charge in [0.25, 0.3) is 0 Å². The Balaban J connectivity index is 2.64. The summed E-state index contributed by atoms with van der Waals surface area (Å²) in [5, 5.41) is 0. The summed E-state index contributed by atoms with van der Waals surface area (Å²) in [5.74, 6) is 0. The van der Waals surface area contributed by atoms with Crippen molar-refractivity contribution in [3.63, 3.8) is 0 Å². The molecule has 18 heavy (non-hydrogen) atoms. The second-order valence-corrected chi connectivity index (χ2v) is 6.03. The smallest absolute Gasteiger partial charge is 0.0120 e. The number of hydrogen-bond donors (Lipinski definition) is 0. The molecule has 0 aliphatic rings. The zero-order chi connectivity index (χ0) is 13.3. The van der Waals surface area contributed by atoms with Gasteiger partial charge in [0.15, 0.2) is 0 Å². The molecule has 0 N–H and O–H groups in total. The average Bonchev–Trinajstić information content (AvgIpc) is 2.26. The lowest BCUT2D eigenvalue weighted by Gasteiger charge is -2.23. The van der Waals surface area contributed by atoms with Gasteiger partial charge in [0.05, 0.1) is 0 Å². The minimum Gasteiger partial charge on any atom is -0.0619 e. The topological polar surface area (TPSA) is 0 Å². The van der Waals surface area contributed by atoms with E-state index < -0.39 is 0 Å². The number of benzene rings is 2. The van der Waals surface area contributed by atoms with Crippen LogP contribution in [0, 0.1) is 19.9 Å². The number of rotatable bonds is 1. The third-order valence-corrected chi connectivity index (χ3v) is 3.18. The van der Waals surface area contributed by atoms with E-state index in [1.165, 1.54) is 27.8 Å². The second-order valence-electron chi connectivity index (χ2n) is 6.03. The van der Waals surface area contributed by atoms with Crippen molar-refractivity contribution in [3.8, 4) is 11.1 Å². The highest BCUT2D eigenvalue weighted by atomic mass is 14.2. The minimum atomic E-state index is 0.165. The number of hydrogen-bond acceptors (Lipinski definition) is 0. The van der Waals surface area contributed by atoms with Crippen LogP contribution in [0.2, 0.25) is 0 Å². The molecule has 0 aliphatic heterocycles. The first-order valence-electron chi connectivity index (χ1n) is 6.48. The molecule has 93 valence electrons. The highest BCUT2D eigenvalue weighted by Gasteiger charge is 2.18. The Morgan fingerprint density at radius 2 is 1.44 bits per heavy atom. The van der Waals surface area contributed by atoms with Crippen molar-refractivity contribution in [2.45, 2.75) is 40.0 Å². The summed E-state index contributed by atoms with van der Waals surface area (Å²) in [7, 11) is 0. The zero-order valence-corrected chi connectivity index (χ0v) is 12.0. The largest absolute Gasteiger partial charge is 0.0619 e. The molecule has 0 fully saturated rings. The molecule has 2 aromatic rings. The summed E-state index contributed by atoms with van der Waals surface area (Å²) in [6, 6.07) is 16.5. The Morgan fingerprint density at radius 3 is 2.00 bits per heavy atom. The molecule has 0 aliphatic carbocycles. The molecule has 0 amide bonds. The first-order chi connectivity index (χ1) is 8.38. The summed E-state index contributed by atoms with van der Waals surface area (Å²) >= 11 is 0. The van der Waals surface area contributed by atoms with Crippen LogP contribution in [0.4, 0.5) is 0 Å². The molecule has 0 atom stereocenters. The second kappa shape index (κ2) is 4.61. The van der Waals surface area contributed by atoms with Crippen LogP contribution in [0.1, 0.15) is 37.5 Å². The van der Waals surface area contributed by atoms with Gasteiger partial charge in [-0.1, -0.05) is 57.2 Å². The van der Waals surface area contributed by atoms with E-state index in [1.807, 2.05) is 0 Å². The van der Waals surface area contributed by atoms with E-state index in [0.717, 1.165) is 0 Å². The minimum absolute atomic E-state index is 0.165. The van der Waals surface area contributed by atoms with Crippen molar-refractivity contribution in [3.05, 3.63) is 59.2 Å². The van der Waals surface area contributed by atoms with Crippen molar-refractivity contribution in [2.75, 3.05) is 0 Å². The van der Waals surface area contributed by atoms with E-state index in [2.05, 4.69) is 77.1 Å². The summed E-state index contributed by atoms with van der Waals surface area (Å²) in [6.45, 7) is 11.0. The van der Waals surface area contributed by atoms with Gasteiger partial charge in [0.1, 0.15) is 0 Å². The molecule has 0 nitrogen and oxygen atoms in total. The normalized spacial score (nSPS) is 11.6. The lowest BCUT2D eigenvalue weighted by atomic mass is 9.81. The van der Waals surface area contributed by atoms with Crippen molar-refractivity contribution in [2.24, 2.45) is 0 Å². The predicted octanol–water partition coefficient (Wildman–Crippen LogP) is 5.07. The van der Waals surface area contributed by atoms with Crippen molar-refractivity contribution in [1.29, 1.82) is 0 Å². The monoisotopic (exact) mass is 237 g/mol. The molecule has 0 saturated heterocycles. The maximum absolute atomic E-state index is 3.34. The highest BCUT2D eigenvalue weighted by molar-refractivity contribution is 5.69. The predicted molar refractivity (Wildman–Crippen MR) is 78.9 cm³/mol. The molecule has 0 spiro atoms. The standard InChI is InChI=1S/C18H21/c1-13-10-14(2)12-15(11-13)16-8-6-7-9-17(16)18(3,4)5/h6-9,11-12H,1-5H3. The van der Waals surface area contributed by atoms with Crippen LogP contribution in [0.25, 0.3) is 11.1 Å². The molecule has 0 heteroatoms. The van der Waals surface area contributed by atoms with Crippen LogP contribution in [0.15, 0.2) is 36.4 Å². The van der Waals surface area contributed by atoms with E-state index >= 15 is 0 Å². The molecule has 0 unspecified atom stereocenters. The maximum Gasteiger partial charge on any atom is -0.0120 e. The third kappa shape index (κ3) is 2.64. The molecule has 0 saturated carbocycles. The van der Waals surface area contributed by atoms with E-state index in [1.54, 1.807) is 0 Å². The zero-order valence-electron chi connectivity index (χ0n) is 12.0. The molecule has 1 radical (unpaired) electrons. The molecule has 0 aromatic heterocycles. The lowest BCUT2D eigenvalue weighted by Crippen LogP contribution is -2.12. The molecule has 0 bridgehead atoms. The lowest BCUT2D eigenvalue weighted by molar-refractivity contribution is 0.592. The first kappa shape index (κ1) is 12.9. The molecule has 2 rings (SSSR count). The fourth-order valence-electron chi connectivity index (χ4n) is 2.44. The van der Waals surface area contributed by atoms with Gasteiger partial charge in [-0.25, -0.2) is 0 Å². The molecular formula is C18H21. The van der Waals surface area contributed by atoms with Crippen LogP contribution < -0.4 is 0 Å². The SMILES string of the molecule is Cc1[c]c(C)cc(-c2ccccc2C(C)(C)C)c1. The van der Waals surface area contributed by atoms with Crippen molar-refractivity contribution in [1.82, 2.24) is 0 Å². The van der Waals surface area contributed by atoms with Gasteiger partial charge in [-0.2, -0.15) is 0 Å². The molecule has 0 heterocycles. The van der Waals surface area contributed by atoms with Crippen LogP contribution >= 0.6 is 0 Å². The molecule has 2 aromatic carbocycles. The van der Waals surface area contributed by atoms with Gasteiger partial charge in [-0.05, 0) is 53.1 Å². The van der Waals surface area contributed by atoms with Gasteiger partial charge in [-0.3, -0.25) is 0 Å². The van der Waals surface area contributed by atoms with Gasteiger partial charge in [-0.15, -0.1) is 0 Å². The third-order valence-electron chi connectivity index (χ3n) is 3.18. The van der Waals surface area contributed by atoms with E-state index in [4.69, 9.17) is 0 Å². The van der Waals surface area contributed by atoms with Gasteiger partial charge < -0.3 is 0 Å². The van der Waals surface area contributed by atoms with E-state index in [-0.39, 0.29) is 5.41 Å². The summed E-state index contributed by atoms with van der Waals surface area (Å²) in [6.07, 6.45) is 0. The number of aryl methyl sites for hydroxylation is 2. The van der Waals surface area contributed by atoms with Gasteiger partial charge in [0.2, 0.25) is 0 Å². The van der Waals surface area contributed by atoms with Crippen LogP contribution in [0.5, 0.6) is 0 Å². The Labute approximate surface area is 111 Å². The van der Waals surface area contributed by atoms with E-state index in [0.29, 0.717) is 0 Å².